The van der Waals surface area contributed by atoms with E-state index in [0.29, 0.717) is 24.9 Å². The van der Waals surface area contributed by atoms with Crippen LogP contribution in [0.5, 0.6) is 0 Å². The number of fused-ring (bicyclic) bond motifs is 1. The Labute approximate surface area is 203 Å². The van der Waals surface area contributed by atoms with Gasteiger partial charge in [-0.3, -0.25) is 4.79 Å². The molecule has 1 fully saturated rings. The molecule has 35 heavy (non-hydrogen) atoms. The second-order valence-corrected chi connectivity index (χ2v) is 10.0. The molecule has 6 nitrogen and oxygen atoms in total. The van der Waals surface area contributed by atoms with Crippen LogP contribution in [-0.4, -0.2) is 46.6 Å². The van der Waals surface area contributed by atoms with Gasteiger partial charge >= 0.3 is 6.09 Å². The summed E-state index contributed by atoms with van der Waals surface area (Å²) < 4.78 is 32.8. The molecule has 0 radical (unpaired) electrons. The van der Waals surface area contributed by atoms with Crippen LogP contribution in [0, 0.1) is 11.6 Å². The van der Waals surface area contributed by atoms with Gasteiger partial charge in [-0.15, -0.1) is 0 Å². The maximum Gasteiger partial charge on any atom is 0.407 e. The Morgan fingerprint density at radius 3 is 2.54 bits per heavy atom. The molecule has 1 aliphatic heterocycles. The lowest BCUT2D eigenvalue weighted by Crippen LogP contribution is -2.50. The first-order valence-corrected chi connectivity index (χ1v) is 11.9. The number of hydrogen-bond acceptors (Lipinski definition) is 3. The Balaban J connectivity index is 1.47. The van der Waals surface area contributed by atoms with Gasteiger partial charge in [0.15, 0.2) is 0 Å². The maximum atomic E-state index is 14.0. The summed E-state index contributed by atoms with van der Waals surface area (Å²) in [6.07, 6.45) is 1.71. The van der Waals surface area contributed by atoms with Gasteiger partial charge in [0.2, 0.25) is 5.91 Å². The van der Waals surface area contributed by atoms with Crippen molar-refractivity contribution < 1.29 is 23.1 Å². The van der Waals surface area contributed by atoms with Crippen LogP contribution in [0.15, 0.2) is 42.5 Å². The van der Waals surface area contributed by atoms with Crippen molar-refractivity contribution >= 4 is 22.9 Å². The molecule has 2 amide bonds. The van der Waals surface area contributed by atoms with Gasteiger partial charge in [0, 0.05) is 42.1 Å². The highest BCUT2D eigenvalue weighted by atomic mass is 19.1. The number of likely N-dealkylation sites (tertiary alicyclic amines) is 1. The van der Waals surface area contributed by atoms with Gasteiger partial charge in [-0.1, -0.05) is 0 Å². The molecule has 0 saturated carbocycles. The van der Waals surface area contributed by atoms with Crippen LogP contribution in [0.1, 0.15) is 45.6 Å². The molecule has 0 bridgehead atoms. The van der Waals surface area contributed by atoms with E-state index in [1.807, 2.05) is 0 Å². The number of benzene rings is 2. The van der Waals surface area contributed by atoms with Crippen LogP contribution in [0.2, 0.25) is 0 Å². The van der Waals surface area contributed by atoms with Crippen LogP contribution in [-0.2, 0) is 16.0 Å². The summed E-state index contributed by atoms with van der Waals surface area (Å²) in [5.41, 5.74) is 2.51. The van der Waals surface area contributed by atoms with Gasteiger partial charge in [-0.2, -0.15) is 0 Å². The molecule has 4 rings (SSSR count). The maximum absolute atomic E-state index is 14.0. The highest BCUT2D eigenvalue weighted by molar-refractivity contribution is 5.91. The third-order valence-corrected chi connectivity index (χ3v) is 6.08. The largest absolute Gasteiger partial charge is 0.444 e. The van der Waals surface area contributed by atoms with Gasteiger partial charge in [0.25, 0.3) is 0 Å². The van der Waals surface area contributed by atoms with Crippen LogP contribution < -0.4 is 5.32 Å². The Morgan fingerprint density at radius 2 is 1.83 bits per heavy atom. The zero-order valence-electron chi connectivity index (χ0n) is 20.3. The summed E-state index contributed by atoms with van der Waals surface area (Å²) in [4.78, 5) is 30.3. The van der Waals surface area contributed by atoms with E-state index in [-0.39, 0.29) is 30.0 Å². The molecule has 8 heteroatoms. The van der Waals surface area contributed by atoms with Crippen molar-refractivity contribution in [2.45, 2.75) is 58.1 Å². The number of rotatable bonds is 5. The topological polar surface area (TPSA) is 74.4 Å². The number of nitrogens with zero attached hydrogens (tertiary/aromatic N) is 1. The predicted molar refractivity (Wildman–Crippen MR) is 131 cm³/mol. The predicted octanol–water partition coefficient (Wildman–Crippen LogP) is 5.56. The standard InChI is InChI=1S/C27H31F2N3O3/c1-27(2,3)35-26(34)30-20-5-4-14-32(16-20)24(33)13-11-21-22-15-19(29)10-12-23(22)31-25(21)17-6-8-18(28)9-7-17/h6-10,12,15,20,31H,4-5,11,13-14,16H2,1-3H3,(H,30,34). The van der Waals surface area contributed by atoms with Crippen LogP contribution in [0.3, 0.4) is 0 Å². The van der Waals surface area contributed by atoms with Crippen LogP contribution in [0.4, 0.5) is 13.6 Å². The number of aromatic amines is 1. The normalized spacial score (nSPS) is 16.4. The van der Waals surface area contributed by atoms with Crippen molar-refractivity contribution in [1.29, 1.82) is 0 Å². The van der Waals surface area contributed by atoms with Crippen molar-refractivity contribution in [3.8, 4) is 11.3 Å². The molecule has 1 saturated heterocycles. The number of hydrogen-bond donors (Lipinski definition) is 2. The summed E-state index contributed by atoms with van der Waals surface area (Å²) in [6, 6.07) is 10.4. The Hall–Kier alpha value is -3.42. The molecular formula is C27H31F2N3O3. The number of alkyl carbamates (subject to hydrolysis) is 1. The molecule has 3 aromatic rings. The summed E-state index contributed by atoms with van der Waals surface area (Å²) >= 11 is 0. The number of amides is 2. The second kappa shape index (κ2) is 10.1. The van der Waals surface area contributed by atoms with Gasteiger partial charge in [0.05, 0.1) is 0 Å². The number of piperidine rings is 1. The highest BCUT2D eigenvalue weighted by Gasteiger charge is 2.27. The number of aryl methyl sites for hydroxylation is 1. The number of H-pyrrole nitrogens is 1. The minimum Gasteiger partial charge on any atom is -0.444 e. The van der Waals surface area contributed by atoms with Crippen molar-refractivity contribution in [2.24, 2.45) is 0 Å². The molecular weight excluding hydrogens is 452 g/mol. The van der Waals surface area contributed by atoms with Gasteiger partial charge in [-0.05, 0) is 93.6 Å². The molecule has 186 valence electrons. The van der Waals surface area contributed by atoms with E-state index < -0.39 is 11.7 Å². The van der Waals surface area contributed by atoms with Crippen molar-refractivity contribution in [1.82, 2.24) is 15.2 Å². The number of carbonyl (C=O) groups is 2. The quantitative estimate of drug-likeness (QED) is 0.499. The van der Waals surface area contributed by atoms with E-state index in [2.05, 4.69) is 10.3 Å². The second-order valence-electron chi connectivity index (χ2n) is 10.0. The van der Waals surface area contributed by atoms with E-state index in [1.54, 1.807) is 43.9 Å². The first-order chi connectivity index (χ1) is 16.6. The van der Waals surface area contributed by atoms with E-state index in [1.165, 1.54) is 24.3 Å². The molecule has 1 aromatic heterocycles. The third-order valence-electron chi connectivity index (χ3n) is 6.08. The molecule has 1 unspecified atom stereocenters. The SMILES string of the molecule is CC(C)(C)OC(=O)NC1CCCN(C(=O)CCc2c(-c3ccc(F)cc3)[nH]c3ccc(F)cc23)C1. The van der Waals surface area contributed by atoms with Gasteiger partial charge < -0.3 is 19.9 Å². The summed E-state index contributed by atoms with van der Waals surface area (Å²) in [6.45, 7) is 6.46. The summed E-state index contributed by atoms with van der Waals surface area (Å²) in [5, 5.41) is 3.57. The van der Waals surface area contributed by atoms with Gasteiger partial charge in [0.1, 0.15) is 17.2 Å². The lowest BCUT2D eigenvalue weighted by Gasteiger charge is -2.33. The Bertz CT molecular complexity index is 1210. The molecule has 1 aliphatic rings. The van der Waals surface area contributed by atoms with Crippen LogP contribution in [0.25, 0.3) is 22.2 Å². The Kier molecular flexibility index (Phi) is 7.10. The highest BCUT2D eigenvalue weighted by Crippen LogP contribution is 2.32. The lowest BCUT2D eigenvalue weighted by molar-refractivity contribution is -0.132. The fraction of sp³-hybridized carbons (Fsp3) is 0.407. The van der Waals surface area contributed by atoms with Crippen LogP contribution >= 0.6 is 0 Å². The summed E-state index contributed by atoms with van der Waals surface area (Å²) in [7, 11) is 0. The van der Waals surface area contributed by atoms with E-state index in [0.717, 1.165) is 35.2 Å². The number of aromatic nitrogens is 1. The van der Waals surface area contributed by atoms with E-state index in [4.69, 9.17) is 4.74 Å². The third kappa shape index (κ3) is 6.18. The zero-order chi connectivity index (χ0) is 25.2. The number of ether oxygens (including phenoxy) is 1. The number of halogens is 2. The fourth-order valence-corrected chi connectivity index (χ4v) is 4.53. The molecule has 0 aliphatic carbocycles. The molecule has 2 heterocycles. The fourth-order valence-electron chi connectivity index (χ4n) is 4.53. The minimum atomic E-state index is -0.588. The average molecular weight is 484 g/mol. The lowest BCUT2D eigenvalue weighted by atomic mass is 10.00. The first kappa shape index (κ1) is 24.7. The monoisotopic (exact) mass is 483 g/mol. The number of nitrogens with one attached hydrogen (secondary N) is 2. The average Bonchev–Trinajstić information content (AvgIpc) is 3.14. The van der Waals surface area contributed by atoms with Crippen molar-refractivity contribution in [2.75, 3.05) is 13.1 Å². The molecule has 0 spiro atoms. The van der Waals surface area contributed by atoms with Crippen molar-refractivity contribution in [3.05, 3.63) is 59.7 Å². The Morgan fingerprint density at radius 1 is 1.11 bits per heavy atom. The first-order valence-electron chi connectivity index (χ1n) is 11.9. The molecule has 2 N–H and O–H groups in total. The minimum absolute atomic E-state index is 0.0310. The molecule has 2 aromatic carbocycles. The zero-order valence-corrected chi connectivity index (χ0v) is 20.3. The van der Waals surface area contributed by atoms with Crippen molar-refractivity contribution in [3.63, 3.8) is 0 Å². The summed E-state index contributed by atoms with van der Waals surface area (Å²) in [5.74, 6) is -0.731. The van der Waals surface area contributed by atoms with Gasteiger partial charge in [-0.25, -0.2) is 13.6 Å². The van der Waals surface area contributed by atoms with E-state index in [9.17, 15) is 18.4 Å². The smallest absolute Gasteiger partial charge is 0.407 e. The van der Waals surface area contributed by atoms with E-state index >= 15 is 0 Å². The molecule has 1 atom stereocenters. The number of carbonyl (C=O) groups excluding carboxylic acids is 2.